The zero-order chi connectivity index (χ0) is 7.11. The van der Waals surface area contributed by atoms with Crippen molar-refractivity contribution in [2.24, 2.45) is 0 Å². The van der Waals surface area contributed by atoms with E-state index in [9.17, 15) is 5.11 Å². The van der Waals surface area contributed by atoms with Gasteiger partial charge in [-0.15, -0.1) is 0 Å². The van der Waals surface area contributed by atoms with Crippen LogP contribution in [0.15, 0.2) is 0 Å². The second-order valence-corrected chi connectivity index (χ2v) is 1.70. The summed E-state index contributed by atoms with van der Waals surface area (Å²) in [6, 6.07) is 0. The first-order valence-corrected chi connectivity index (χ1v) is 2.77. The monoisotopic (exact) mass is 135 g/mol. The number of hydrogen-bond donors (Lipinski definition) is 1. The van der Waals surface area contributed by atoms with E-state index in [0.717, 1.165) is 0 Å². The minimum atomic E-state index is -0.350. The molecular weight excluding hydrogens is 124 g/mol. The molecule has 4 heteroatoms. The zero-order valence-corrected chi connectivity index (χ0v) is 5.37. The molecule has 1 unspecified atom stereocenters. The van der Waals surface area contributed by atoms with Crippen LogP contribution in [-0.4, -0.2) is 31.2 Å². The van der Waals surface area contributed by atoms with Crippen molar-refractivity contribution in [3.63, 3.8) is 0 Å². The average molecular weight is 135 g/mol. The van der Waals surface area contributed by atoms with E-state index in [2.05, 4.69) is 4.89 Å². The molecule has 0 fully saturated rings. The van der Waals surface area contributed by atoms with Crippen LogP contribution >= 0.6 is 0 Å². The lowest BCUT2D eigenvalue weighted by Gasteiger charge is -2.05. The molecule has 0 saturated heterocycles. The van der Waals surface area contributed by atoms with Crippen LogP contribution in [0, 0.1) is 0 Å². The van der Waals surface area contributed by atoms with Gasteiger partial charge >= 0.3 is 0 Å². The van der Waals surface area contributed by atoms with E-state index in [4.69, 9.17) is 9.99 Å². The van der Waals surface area contributed by atoms with Crippen molar-refractivity contribution in [1.29, 1.82) is 0 Å². The maximum absolute atomic E-state index is 9.77. The fourth-order valence-corrected chi connectivity index (χ4v) is 0.339. The summed E-state index contributed by atoms with van der Waals surface area (Å²) >= 11 is 0. The second-order valence-electron chi connectivity index (χ2n) is 1.70. The van der Waals surface area contributed by atoms with E-state index in [1.54, 1.807) is 6.92 Å². The second kappa shape index (κ2) is 5.97. The molecule has 1 atom stereocenters. The van der Waals surface area contributed by atoms with Gasteiger partial charge in [-0.3, -0.25) is 5.26 Å². The van der Waals surface area contributed by atoms with Gasteiger partial charge in [0.2, 0.25) is 0 Å². The Morgan fingerprint density at radius 1 is 1.67 bits per heavy atom. The molecule has 0 aromatic carbocycles. The first-order chi connectivity index (χ1) is 4.31. The molecule has 0 aromatic rings. The van der Waals surface area contributed by atoms with Crippen LogP contribution < -0.4 is 0 Å². The fourth-order valence-electron chi connectivity index (χ4n) is 0.339. The highest BCUT2D eigenvalue weighted by Gasteiger charge is 1.98. The quantitative estimate of drug-likeness (QED) is 0.335. The van der Waals surface area contributed by atoms with Gasteiger partial charge in [-0.05, 0) is 6.92 Å². The molecule has 1 N–H and O–H groups in total. The van der Waals surface area contributed by atoms with Gasteiger partial charge in [-0.2, -0.15) is 0 Å². The SMILES string of the molecule is CC(COCC[O])OO. The normalized spacial score (nSPS) is 13.7. The molecule has 0 spiro atoms. The Kier molecular flexibility index (Phi) is 5.86. The topological polar surface area (TPSA) is 58.6 Å². The number of rotatable bonds is 5. The largest absolute Gasteiger partial charge is 0.376 e. The molecule has 1 radical (unpaired) electrons. The zero-order valence-electron chi connectivity index (χ0n) is 5.37. The highest BCUT2D eigenvalue weighted by Crippen LogP contribution is 1.87. The Bertz CT molecular complexity index is 56.9. The van der Waals surface area contributed by atoms with E-state index in [0.29, 0.717) is 0 Å². The highest BCUT2D eigenvalue weighted by atomic mass is 17.1. The third-order valence-corrected chi connectivity index (χ3v) is 0.760. The minimum absolute atomic E-state index is 0.174. The number of hydrogen-bond acceptors (Lipinski definition) is 3. The molecule has 0 bridgehead atoms. The van der Waals surface area contributed by atoms with Crippen molar-refractivity contribution < 1.29 is 20.0 Å². The van der Waals surface area contributed by atoms with E-state index in [1.165, 1.54) is 0 Å². The van der Waals surface area contributed by atoms with Gasteiger partial charge in [-0.25, -0.2) is 9.99 Å². The van der Waals surface area contributed by atoms with Crippen LogP contribution in [0.4, 0.5) is 0 Å². The summed E-state index contributed by atoms with van der Waals surface area (Å²) in [5, 5.41) is 17.7. The van der Waals surface area contributed by atoms with Crippen LogP contribution in [0.25, 0.3) is 0 Å². The van der Waals surface area contributed by atoms with E-state index in [-0.39, 0.29) is 25.9 Å². The molecule has 4 nitrogen and oxygen atoms in total. The molecule has 0 amide bonds. The lowest BCUT2D eigenvalue weighted by molar-refractivity contribution is -0.282. The predicted octanol–water partition coefficient (Wildman–Crippen LogP) is 0.312. The summed E-state index contributed by atoms with van der Waals surface area (Å²) < 4.78 is 4.74. The molecular formula is C5H11O4. The van der Waals surface area contributed by atoms with E-state index >= 15 is 0 Å². The van der Waals surface area contributed by atoms with Gasteiger partial charge < -0.3 is 4.74 Å². The van der Waals surface area contributed by atoms with Gasteiger partial charge in [0.1, 0.15) is 12.7 Å². The molecule has 0 aliphatic carbocycles. The molecule has 0 aliphatic rings. The summed E-state index contributed by atoms with van der Waals surface area (Å²) in [5.74, 6) is 0. The predicted molar refractivity (Wildman–Crippen MR) is 29.5 cm³/mol. The fraction of sp³-hybridized carbons (Fsp3) is 1.00. The number of ether oxygens (including phenoxy) is 1. The van der Waals surface area contributed by atoms with Crippen molar-refractivity contribution in [3.05, 3.63) is 0 Å². The molecule has 0 rings (SSSR count). The van der Waals surface area contributed by atoms with Gasteiger partial charge in [0.15, 0.2) is 0 Å². The first kappa shape index (κ1) is 8.84. The lowest BCUT2D eigenvalue weighted by atomic mass is 10.4. The Balaban J connectivity index is 2.88. The van der Waals surface area contributed by atoms with Crippen molar-refractivity contribution >= 4 is 0 Å². The van der Waals surface area contributed by atoms with Gasteiger partial charge in [0.05, 0.1) is 13.2 Å². The van der Waals surface area contributed by atoms with Crippen molar-refractivity contribution in [2.75, 3.05) is 19.8 Å². The Morgan fingerprint density at radius 2 is 2.33 bits per heavy atom. The Morgan fingerprint density at radius 3 is 2.78 bits per heavy atom. The Hall–Kier alpha value is -0.160. The highest BCUT2D eigenvalue weighted by molar-refractivity contribution is 4.41. The smallest absolute Gasteiger partial charge is 0.113 e. The van der Waals surface area contributed by atoms with Crippen molar-refractivity contribution in [3.8, 4) is 0 Å². The maximum Gasteiger partial charge on any atom is 0.113 e. The van der Waals surface area contributed by atoms with Crippen LogP contribution in [-0.2, 0) is 14.7 Å². The summed E-state index contributed by atoms with van der Waals surface area (Å²) in [6.45, 7) is 1.83. The third-order valence-electron chi connectivity index (χ3n) is 0.760. The molecule has 0 aliphatic heterocycles. The lowest BCUT2D eigenvalue weighted by Crippen LogP contribution is -2.15. The third kappa shape index (κ3) is 5.72. The van der Waals surface area contributed by atoms with Gasteiger partial charge in [0.25, 0.3) is 0 Å². The van der Waals surface area contributed by atoms with E-state index in [1.807, 2.05) is 0 Å². The van der Waals surface area contributed by atoms with Gasteiger partial charge in [0, 0.05) is 0 Å². The molecule has 9 heavy (non-hydrogen) atoms. The first-order valence-electron chi connectivity index (χ1n) is 2.77. The van der Waals surface area contributed by atoms with Crippen LogP contribution in [0.5, 0.6) is 0 Å². The van der Waals surface area contributed by atoms with Gasteiger partial charge in [-0.1, -0.05) is 0 Å². The van der Waals surface area contributed by atoms with Crippen LogP contribution in [0.3, 0.4) is 0 Å². The van der Waals surface area contributed by atoms with Crippen molar-refractivity contribution in [2.45, 2.75) is 13.0 Å². The van der Waals surface area contributed by atoms with Crippen LogP contribution in [0.1, 0.15) is 6.92 Å². The summed E-state index contributed by atoms with van der Waals surface area (Å²) in [4.78, 5) is 3.87. The Labute approximate surface area is 53.9 Å². The molecule has 55 valence electrons. The van der Waals surface area contributed by atoms with Crippen LogP contribution in [0.2, 0.25) is 0 Å². The summed E-state index contributed by atoms with van der Waals surface area (Å²) in [7, 11) is 0. The maximum atomic E-state index is 9.77. The molecule has 0 saturated carbocycles. The standard InChI is InChI=1S/C5H11O4/c1-5(9-7)4-8-3-2-6/h5,7H,2-4H2,1H3. The van der Waals surface area contributed by atoms with Crippen molar-refractivity contribution in [1.82, 2.24) is 0 Å². The molecule has 0 heterocycles. The van der Waals surface area contributed by atoms with E-state index < -0.39 is 0 Å². The average Bonchev–Trinajstić information content (AvgIpc) is 1.89. The molecule has 0 aromatic heterocycles. The summed E-state index contributed by atoms with van der Waals surface area (Å²) in [6.07, 6.45) is -0.350. The summed E-state index contributed by atoms with van der Waals surface area (Å²) in [5.41, 5.74) is 0. The minimum Gasteiger partial charge on any atom is -0.376 e.